The summed E-state index contributed by atoms with van der Waals surface area (Å²) in [6, 6.07) is -0.447. The topological polar surface area (TPSA) is 67.8 Å². The van der Waals surface area contributed by atoms with Gasteiger partial charge in [0.1, 0.15) is 6.10 Å². The van der Waals surface area contributed by atoms with E-state index in [-0.39, 0.29) is 28.7 Å². The van der Waals surface area contributed by atoms with Crippen LogP contribution >= 0.6 is 0 Å². The summed E-state index contributed by atoms with van der Waals surface area (Å²) < 4.78 is 14.0. The standard InChI is InChI=1S/C58H115NO4Si2/c1-13-15-17-19-21-23-28-34-40-49-46-51(49)42-36-30-25-26-32-39-45-55(63-65(11,12)58(6,7)8)56(61)59-53(48-60)54(62-64(9,10)57(3,4)5)44-38-33-27-31-37-43-52-47-50(52)41-35-29-24-22-20-18-16-14-2/h26,32,49-55,60H,13-25,27-31,33-48H2,1-12H3,(H,59,61)/b32-26-/t49-,50-,51+,52+,53-,54+,55+/m0/s1. The molecular formula is C58H115NO4Si2. The summed E-state index contributed by atoms with van der Waals surface area (Å²) in [5.41, 5.74) is 0. The average molecular weight is 947 g/mol. The lowest BCUT2D eigenvalue weighted by molar-refractivity contribution is -0.130. The first kappa shape index (κ1) is 60.6. The lowest BCUT2D eigenvalue weighted by atomic mass is 10.0. The Balaban J connectivity index is 1.82. The molecule has 7 heteroatoms. The van der Waals surface area contributed by atoms with Crippen LogP contribution in [0.3, 0.4) is 0 Å². The SMILES string of the molecule is CCCCCCCCCC[C@H]1C[C@H]1CCCC/C=C\CC[C@@H](O[Si](C)(C)C(C)(C)C)C(=O)N[C@@H](CO)[C@@H](CCCCCCC[C@@H]1C[C@@H]1CCCCCCCCCC)O[Si](C)(C)C(C)(C)C. The molecule has 2 N–H and O–H groups in total. The third-order valence-corrected chi connectivity index (χ3v) is 25.8. The van der Waals surface area contributed by atoms with Gasteiger partial charge in [-0.25, -0.2) is 0 Å². The van der Waals surface area contributed by atoms with E-state index in [0.717, 1.165) is 49.4 Å². The molecule has 0 saturated heterocycles. The zero-order chi connectivity index (χ0) is 48.2. The van der Waals surface area contributed by atoms with E-state index in [0.29, 0.717) is 6.42 Å². The van der Waals surface area contributed by atoms with Gasteiger partial charge in [-0.3, -0.25) is 4.79 Å². The van der Waals surface area contributed by atoms with Crippen molar-refractivity contribution in [1.82, 2.24) is 5.32 Å². The van der Waals surface area contributed by atoms with E-state index < -0.39 is 28.8 Å². The summed E-state index contributed by atoms with van der Waals surface area (Å²) in [6.07, 6.45) is 47.6. The molecule has 2 saturated carbocycles. The zero-order valence-corrected chi connectivity index (χ0v) is 47.9. The highest BCUT2D eigenvalue weighted by atomic mass is 28.4. The maximum absolute atomic E-state index is 14.3. The number of carbonyl (C=O) groups is 1. The number of carbonyl (C=O) groups excluding carboxylic acids is 1. The van der Waals surface area contributed by atoms with Crippen molar-refractivity contribution >= 4 is 22.5 Å². The molecule has 0 bridgehead atoms. The fourth-order valence-electron chi connectivity index (χ4n) is 9.76. The number of aliphatic hydroxyl groups excluding tert-OH is 1. The fraction of sp³-hybridized carbons (Fsp3) is 0.948. The second kappa shape index (κ2) is 33.2. The number of aliphatic hydroxyl groups is 1. The molecule has 1 amide bonds. The van der Waals surface area contributed by atoms with Gasteiger partial charge in [-0.1, -0.05) is 234 Å². The maximum Gasteiger partial charge on any atom is 0.248 e. The Hall–Kier alpha value is -0.476. The van der Waals surface area contributed by atoms with E-state index in [1.807, 2.05) is 0 Å². The van der Waals surface area contributed by atoms with E-state index in [1.54, 1.807) is 0 Å². The van der Waals surface area contributed by atoms with Gasteiger partial charge in [-0.15, -0.1) is 0 Å². The molecule has 0 heterocycles. The van der Waals surface area contributed by atoms with Crippen LogP contribution in [0.1, 0.15) is 267 Å². The Morgan fingerprint density at radius 2 is 0.908 bits per heavy atom. The molecule has 2 fully saturated rings. The molecule has 65 heavy (non-hydrogen) atoms. The highest BCUT2D eigenvalue weighted by molar-refractivity contribution is 6.74. The van der Waals surface area contributed by atoms with E-state index in [1.165, 1.54) is 180 Å². The summed E-state index contributed by atoms with van der Waals surface area (Å²) in [7, 11) is -4.39. The minimum absolute atomic E-state index is 0.00646. The molecule has 2 aliphatic carbocycles. The summed E-state index contributed by atoms with van der Waals surface area (Å²) in [6.45, 7) is 27.1. The van der Waals surface area contributed by atoms with Gasteiger partial charge in [0.25, 0.3) is 0 Å². The molecule has 0 aliphatic heterocycles. The van der Waals surface area contributed by atoms with Gasteiger partial charge in [-0.2, -0.15) is 0 Å². The van der Waals surface area contributed by atoms with Crippen LogP contribution in [-0.4, -0.2) is 52.5 Å². The zero-order valence-electron chi connectivity index (χ0n) is 45.9. The smallest absolute Gasteiger partial charge is 0.248 e. The van der Waals surface area contributed by atoms with Crippen LogP contribution in [0, 0.1) is 23.7 Å². The Morgan fingerprint density at radius 3 is 1.32 bits per heavy atom. The van der Waals surface area contributed by atoms with Gasteiger partial charge in [0.2, 0.25) is 5.91 Å². The molecule has 0 unspecified atom stereocenters. The van der Waals surface area contributed by atoms with E-state index >= 15 is 0 Å². The maximum atomic E-state index is 14.3. The lowest BCUT2D eigenvalue weighted by Gasteiger charge is -2.42. The van der Waals surface area contributed by atoms with Crippen LogP contribution in [0.4, 0.5) is 0 Å². The number of allylic oxidation sites excluding steroid dienone is 2. The number of hydrogen-bond acceptors (Lipinski definition) is 4. The van der Waals surface area contributed by atoms with E-state index in [9.17, 15) is 9.90 Å². The van der Waals surface area contributed by atoms with Crippen LogP contribution in [0.5, 0.6) is 0 Å². The van der Waals surface area contributed by atoms with Crippen LogP contribution in [-0.2, 0) is 13.6 Å². The van der Waals surface area contributed by atoms with Gasteiger partial charge in [0.15, 0.2) is 16.6 Å². The monoisotopic (exact) mass is 946 g/mol. The van der Waals surface area contributed by atoms with Crippen molar-refractivity contribution in [2.45, 2.75) is 322 Å². The number of amides is 1. The second-order valence-corrected chi connectivity index (χ2v) is 34.3. The second-order valence-electron chi connectivity index (χ2n) is 24.8. The predicted molar refractivity (Wildman–Crippen MR) is 290 cm³/mol. The van der Waals surface area contributed by atoms with Crippen LogP contribution in [0.25, 0.3) is 0 Å². The molecule has 0 spiro atoms. The quantitative estimate of drug-likeness (QED) is 0.0363. The third-order valence-electron chi connectivity index (χ3n) is 16.8. The van der Waals surface area contributed by atoms with Crippen LogP contribution in [0.2, 0.25) is 36.3 Å². The van der Waals surface area contributed by atoms with Gasteiger partial charge in [0, 0.05) is 0 Å². The highest BCUT2D eigenvalue weighted by Gasteiger charge is 2.43. The minimum atomic E-state index is -2.23. The molecule has 2 aliphatic rings. The predicted octanol–water partition coefficient (Wildman–Crippen LogP) is 18.2. The molecule has 384 valence electrons. The largest absolute Gasteiger partial charge is 0.412 e. The number of rotatable bonds is 42. The van der Waals surface area contributed by atoms with Crippen molar-refractivity contribution < 1.29 is 18.8 Å². The van der Waals surface area contributed by atoms with E-state index in [4.69, 9.17) is 8.85 Å². The van der Waals surface area contributed by atoms with Gasteiger partial charge < -0.3 is 19.3 Å². The molecule has 2 rings (SSSR count). The van der Waals surface area contributed by atoms with Crippen molar-refractivity contribution in [2.75, 3.05) is 6.61 Å². The number of unbranched alkanes of at least 4 members (excludes halogenated alkanes) is 20. The summed E-state index contributed by atoms with van der Waals surface area (Å²) >= 11 is 0. The summed E-state index contributed by atoms with van der Waals surface area (Å²) in [5.74, 6) is 3.95. The van der Waals surface area contributed by atoms with Crippen molar-refractivity contribution in [3.8, 4) is 0 Å². The first-order valence-electron chi connectivity index (χ1n) is 28.8. The normalized spacial score (nSPS) is 20.6. The molecule has 0 aromatic carbocycles. The van der Waals surface area contributed by atoms with Crippen molar-refractivity contribution in [3.63, 3.8) is 0 Å². The minimum Gasteiger partial charge on any atom is -0.412 e. The number of nitrogens with one attached hydrogen (secondary N) is 1. The fourth-order valence-corrected chi connectivity index (χ4v) is 12.4. The first-order valence-corrected chi connectivity index (χ1v) is 34.6. The highest BCUT2D eigenvalue weighted by Crippen LogP contribution is 2.47. The molecule has 7 atom stereocenters. The Kier molecular flexibility index (Phi) is 30.9. The summed E-state index contributed by atoms with van der Waals surface area (Å²) in [5, 5.41) is 14.3. The van der Waals surface area contributed by atoms with Crippen molar-refractivity contribution in [3.05, 3.63) is 12.2 Å². The molecule has 5 nitrogen and oxygen atoms in total. The van der Waals surface area contributed by atoms with Crippen molar-refractivity contribution in [2.24, 2.45) is 23.7 Å². The Labute approximate surface area is 409 Å². The third kappa shape index (κ3) is 26.9. The van der Waals surface area contributed by atoms with Gasteiger partial charge in [-0.05, 0) is 105 Å². The summed E-state index contributed by atoms with van der Waals surface area (Å²) in [4.78, 5) is 14.3. The Bertz CT molecular complexity index is 1220. The van der Waals surface area contributed by atoms with Crippen LogP contribution in [0.15, 0.2) is 12.2 Å². The van der Waals surface area contributed by atoms with Gasteiger partial charge >= 0.3 is 0 Å². The molecule has 0 radical (unpaired) electrons. The first-order chi connectivity index (χ1) is 30.9. The van der Waals surface area contributed by atoms with Gasteiger partial charge in [0.05, 0.1) is 18.8 Å². The molecule has 0 aromatic rings. The molecular weight excluding hydrogens is 831 g/mol. The van der Waals surface area contributed by atoms with E-state index in [2.05, 4.69) is 99.0 Å². The average Bonchev–Trinajstić information content (AvgIpc) is 4.17. The molecule has 0 aromatic heterocycles. The van der Waals surface area contributed by atoms with Crippen molar-refractivity contribution in [1.29, 1.82) is 0 Å². The van der Waals surface area contributed by atoms with Crippen LogP contribution < -0.4 is 5.32 Å². The lowest BCUT2D eigenvalue weighted by Crippen LogP contribution is -2.56. The number of hydrogen-bond donors (Lipinski definition) is 2. The Morgan fingerprint density at radius 1 is 0.538 bits per heavy atom.